The highest BCUT2D eigenvalue weighted by molar-refractivity contribution is 6.12. The number of carbonyl (C=O) groups is 9. The Bertz CT molecular complexity index is 1050. The van der Waals surface area contributed by atoms with Crippen LogP contribution < -0.4 is 42.5 Å². The van der Waals surface area contributed by atoms with Crippen molar-refractivity contribution < 1.29 is 57.5 Å². The van der Waals surface area contributed by atoms with Crippen molar-refractivity contribution in [1.82, 2.24) is 42.5 Å². The molecule has 0 aromatic heterocycles. The highest BCUT2D eigenvalue weighted by Gasteiger charge is 2.16. The summed E-state index contributed by atoms with van der Waals surface area (Å²) in [5.74, 6) is -1.21. The molecule has 0 unspecified atom stereocenters. The molecule has 5 saturated heterocycles. The summed E-state index contributed by atoms with van der Waals surface area (Å²) in [6.07, 6.45) is 7.50. The zero-order valence-corrected chi connectivity index (χ0v) is 52.8. The van der Waals surface area contributed by atoms with Crippen LogP contribution >= 0.6 is 0 Å². The Balaban J connectivity index is -0.0000000439. The molecule has 0 aliphatic carbocycles. The van der Waals surface area contributed by atoms with Crippen LogP contribution in [0, 0.1) is 0 Å². The van der Waals surface area contributed by atoms with Gasteiger partial charge in [-0.05, 0) is 19.3 Å². The van der Waals surface area contributed by atoms with Crippen molar-refractivity contribution in [2.45, 2.75) is 226 Å². The molecule has 0 aromatic rings. The van der Waals surface area contributed by atoms with Gasteiger partial charge in [0.25, 0.3) is 11.8 Å². The summed E-state index contributed by atoms with van der Waals surface area (Å²) in [6, 6.07) is -0.444. The van der Waals surface area contributed by atoms with Gasteiger partial charge < -0.3 is 40.9 Å². The highest BCUT2D eigenvalue weighted by Crippen LogP contribution is 1.96. The Hall–Kier alpha value is -5.76. The molecule has 0 spiro atoms. The predicted octanol–water partition coefficient (Wildman–Crippen LogP) is 11.7. The molecule has 0 radical (unpaired) electrons. The number of urea groups is 2. The Morgan fingerprint density at radius 1 is 0.365 bits per heavy atom. The largest absolute Gasteiger partial charge is 0.449 e. The minimum absolute atomic E-state index is 0.0463. The number of alkyl carbamates (subject to hydrolysis) is 2. The third-order valence-corrected chi connectivity index (χ3v) is 5.00. The van der Waals surface area contributed by atoms with Crippen molar-refractivity contribution in [3.05, 3.63) is 12.2 Å². The molecule has 0 bridgehead atoms. The zero-order valence-electron chi connectivity index (χ0n) is 52.8. The first kappa shape index (κ1) is 105. The van der Waals surface area contributed by atoms with Crippen molar-refractivity contribution in [3.8, 4) is 0 Å². The fourth-order valence-corrected chi connectivity index (χ4v) is 2.88. The molecule has 8 N–H and O–H groups in total. The van der Waals surface area contributed by atoms with Gasteiger partial charge in [0.1, 0.15) is 13.2 Å². The molecule has 74 heavy (non-hydrogen) atoms. The molecule has 0 atom stereocenters. The van der Waals surface area contributed by atoms with Gasteiger partial charge in [0.2, 0.25) is 17.7 Å². The standard InChI is InChI=1S/C4H7NO2.C4H5NO2.C4H3NO2.C4H7NO.C3H4N2O2.C3H6N2O.C3H5NO2.14C2H6/c6-4-5-2-1-3-7-4;2*6-3-1-2-4(7)5-3;1-2-4-6-5-3-1;6-2-1-4-3(7)5-2;6-3-4-1-2-5-3;5-3-4-1-2-6-3;14*1-2/h1-3H2,(H,5,6);1-2H2,(H,5,6,7);1-2H,(H,5,6,7);3H,1-2,4H2;1H2,(H2,4,5,6,7);1-2H2,(H2,4,5,6);1-2H2,(H,4,5);14*1-2H3. The molecular formula is C53H121N9O12. The van der Waals surface area contributed by atoms with Gasteiger partial charge >= 0.3 is 24.2 Å². The lowest BCUT2D eigenvalue weighted by molar-refractivity contribution is -0.125. The van der Waals surface area contributed by atoms with E-state index in [-0.39, 0.29) is 54.3 Å². The Morgan fingerprint density at radius 2 is 0.743 bits per heavy atom. The number of rotatable bonds is 0. The molecule has 11 amide bonds. The van der Waals surface area contributed by atoms with Gasteiger partial charge in [-0.3, -0.25) is 39.9 Å². The Labute approximate surface area is 454 Å². The lowest BCUT2D eigenvalue weighted by atomic mass is 10.3. The van der Waals surface area contributed by atoms with Crippen LogP contribution in [0.15, 0.2) is 17.3 Å². The smallest absolute Gasteiger partial charge is 0.407 e. The highest BCUT2D eigenvalue weighted by atomic mass is 16.6. The van der Waals surface area contributed by atoms with Gasteiger partial charge in [-0.15, -0.1) is 0 Å². The molecule has 7 heterocycles. The van der Waals surface area contributed by atoms with Crippen molar-refractivity contribution >= 4 is 60.0 Å². The number of hydrogen-bond donors (Lipinski definition) is 8. The quantitative estimate of drug-likeness (QED) is 0.0830. The summed E-state index contributed by atoms with van der Waals surface area (Å²) < 4.78 is 8.93. The monoisotopic (exact) mass is 1080 g/mol. The minimum atomic E-state index is -0.398. The maximum absolute atomic E-state index is 10.1. The van der Waals surface area contributed by atoms with E-state index in [0.717, 1.165) is 45.5 Å². The number of amides is 11. The van der Waals surface area contributed by atoms with E-state index in [0.29, 0.717) is 32.6 Å². The maximum Gasteiger partial charge on any atom is 0.407 e. The molecule has 450 valence electrons. The van der Waals surface area contributed by atoms with E-state index in [1.807, 2.05) is 204 Å². The normalized spacial score (nSPS) is 13.2. The van der Waals surface area contributed by atoms with E-state index in [4.69, 9.17) is 0 Å². The van der Waals surface area contributed by atoms with E-state index in [9.17, 15) is 43.2 Å². The van der Waals surface area contributed by atoms with Crippen LogP contribution in [-0.4, -0.2) is 113 Å². The lowest BCUT2D eigenvalue weighted by Crippen LogP contribution is -2.31. The van der Waals surface area contributed by atoms with Gasteiger partial charge in [-0.2, -0.15) is 0 Å². The molecule has 7 aliphatic heterocycles. The number of ether oxygens (including phenoxy) is 2. The van der Waals surface area contributed by atoms with E-state index >= 15 is 0 Å². The number of nitrogens with zero attached hydrogens (tertiary/aromatic N) is 1. The molecule has 0 aromatic carbocycles. The first-order valence-electron chi connectivity index (χ1n) is 27.9. The van der Waals surface area contributed by atoms with Crippen molar-refractivity contribution in [1.29, 1.82) is 0 Å². The average Bonchev–Trinajstić information content (AvgIpc) is 4.40. The second-order valence-corrected chi connectivity index (χ2v) is 8.81. The minimum Gasteiger partial charge on any atom is -0.449 e. The lowest BCUT2D eigenvalue weighted by Gasteiger charge is -2.10. The molecule has 21 heteroatoms. The summed E-state index contributed by atoms with van der Waals surface area (Å²) >= 11 is 0. The fraction of sp³-hybridized carbons (Fsp3) is 0.774. The Kier molecular flexibility index (Phi) is 172. The summed E-state index contributed by atoms with van der Waals surface area (Å²) in [6.45, 7) is 61.0. The number of oxime groups is 1. The topological polar surface area (TPSA) is 290 Å². The average molecular weight is 1080 g/mol. The first-order valence-corrected chi connectivity index (χ1v) is 27.9. The number of imide groups is 3. The van der Waals surface area contributed by atoms with Crippen molar-refractivity contribution in [3.63, 3.8) is 0 Å². The van der Waals surface area contributed by atoms with E-state index in [1.54, 1.807) is 6.21 Å². The van der Waals surface area contributed by atoms with Crippen LogP contribution in [0.5, 0.6) is 0 Å². The molecule has 7 aliphatic rings. The third kappa shape index (κ3) is 116. The van der Waals surface area contributed by atoms with Crippen LogP contribution in [-0.2, 0) is 38.3 Å². The second kappa shape index (κ2) is 122. The van der Waals surface area contributed by atoms with Crippen LogP contribution in [0.2, 0.25) is 0 Å². The number of carbonyl (C=O) groups excluding carboxylic acids is 9. The molecular weight excluding hydrogens is 955 g/mol. The van der Waals surface area contributed by atoms with E-state index < -0.39 is 6.03 Å². The van der Waals surface area contributed by atoms with Gasteiger partial charge in [-0.25, -0.2) is 19.2 Å². The summed E-state index contributed by atoms with van der Waals surface area (Å²) in [4.78, 5) is 95.1. The van der Waals surface area contributed by atoms with Gasteiger partial charge in [0, 0.05) is 50.8 Å². The van der Waals surface area contributed by atoms with Gasteiger partial charge in [0.15, 0.2) is 0 Å². The van der Waals surface area contributed by atoms with Crippen LogP contribution in [0.3, 0.4) is 0 Å². The zero-order chi connectivity index (χ0) is 62.0. The third-order valence-electron chi connectivity index (χ3n) is 5.00. The molecule has 0 saturated carbocycles. The Morgan fingerprint density at radius 3 is 0.851 bits per heavy atom. The van der Waals surface area contributed by atoms with Gasteiger partial charge in [-0.1, -0.05) is 199 Å². The maximum atomic E-state index is 10.1. The number of cyclic esters (lactones) is 2. The molecule has 7 rings (SSSR count). The second-order valence-electron chi connectivity index (χ2n) is 8.81. The summed E-state index contributed by atoms with van der Waals surface area (Å²) in [7, 11) is 0. The summed E-state index contributed by atoms with van der Waals surface area (Å²) in [5.41, 5.74) is 0. The van der Waals surface area contributed by atoms with Crippen molar-refractivity contribution in [2.24, 2.45) is 5.16 Å². The number of nitrogens with one attached hydrogen (secondary N) is 8. The van der Waals surface area contributed by atoms with Crippen LogP contribution in [0.4, 0.5) is 19.2 Å². The molecule has 21 nitrogen and oxygen atoms in total. The van der Waals surface area contributed by atoms with E-state index in [1.165, 1.54) is 12.2 Å². The van der Waals surface area contributed by atoms with Crippen molar-refractivity contribution in [2.75, 3.05) is 52.5 Å². The predicted molar refractivity (Wildman–Crippen MR) is 313 cm³/mol. The fourth-order valence-electron chi connectivity index (χ4n) is 2.88. The number of hydrogen-bond acceptors (Lipinski definition) is 13. The summed E-state index contributed by atoms with van der Waals surface area (Å²) in [5, 5.41) is 22.1. The SMILES string of the molecule is C1=NOCCC1.CC.CC.CC.CC.CC.CC.CC.CC.CC.CC.CC.CC.CC.CC.O=C1C=CC(=O)N1.O=C1CCC(=O)N1.O=C1CNC(=O)N1.O=C1NCCCO1.O=C1NCCN1.O=C1NCCO1. The van der Waals surface area contributed by atoms with Crippen LogP contribution in [0.25, 0.3) is 0 Å². The van der Waals surface area contributed by atoms with E-state index in [2.05, 4.69) is 51.4 Å². The molecule has 5 fully saturated rings. The first-order chi connectivity index (χ1) is 36.0. The van der Waals surface area contributed by atoms with Crippen LogP contribution in [0.1, 0.15) is 226 Å². The van der Waals surface area contributed by atoms with Gasteiger partial charge in [0.05, 0.1) is 19.7 Å².